The molecule has 0 spiro atoms. The van der Waals surface area contributed by atoms with Crippen LogP contribution in [0.15, 0.2) is 0 Å². The first-order chi connectivity index (χ1) is 6.29. The molecule has 2 fully saturated rings. The van der Waals surface area contributed by atoms with Crippen LogP contribution in [0.2, 0.25) is 0 Å². The summed E-state index contributed by atoms with van der Waals surface area (Å²) in [5.74, 6) is -0.878. The van der Waals surface area contributed by atoms with Gasteiger partial charge in [0.2, 0.25) is 0 Å². The zero-order valence-corrected chi connectivity index (χ0v) is 8.87. The SMILES string of the molecule is O=C([O-])C1CCN1C1CCCCC1.[Li+]. The van der Waals surface area contributed by atoms with Gasteiger partial charge in [0.05, 0.1) is 12.0 Å². The Kier molecular flexibility index (Phi) is 4.50. The maximum absolute atomic E-state index is 10.7. The topological polar surface area (TPSA) is 43.4 Å². The fourth-order valence-electron chi connectivity index (χ4n) is 2.51. The molecule has 0 aromatic carbocycles. The molecule has 4 heteroatoms. The number of carboxylic acid groups (broad SMARTS) is 1. The molecule has 0 N–H and O–H groups in total. The number of likely N-dealkylation sites (tertiary alicyclic amines) is 1. The van der Waals surface area contributed by atoms with Crippen LogP contribution in [0.5, 0.6) is 0 Å². The second-order valence-corrected chi connectivity index (χ2v) is 4.15. The Morgan fingerprint density at radius 1 is 1.14 bits per heavy atom. The first kappa shape index (κ1) is 12.1. The van der Waals surface area contributed by atoms with Gasteiger partial charge in [-0.1, -0.05) is 19.3 Å². The van der Waals surface area contributed by atoms with Gasteiger partial charge in [-0.15, -0.1) is 0 Å². The number of aliphatic carboxylic acids is 1. The minimum absolute atomic E-state index is 0. The van der Waals surface area contributed by atoms with Gasteiger partial charge >= 0.3 is 18.9 Å². The van der Waals surface area contributed by atoms with Crippen molar-refractivity contribution in [2.24, 2.45) is 0 Å². The summed E-state index contributed by atoms with van der Waals surface area (Å²) in [6.45, 7) is 0.962. The van der Waals surface area contributed by atoms with E-state index >= 15 is 0 Å². The summed E-state index contributed by atoms with van der Waals surface area (Å²) in [5.41, 5.74) is 0. The van der Waals surface area contributed by atoms with Crippen LogP contribution in [0.1, 0.15) is 38.5 Å². The molecule has 1 heterocycles. The van der Waals surface area contributed by atoms with Gasteiger partial charge in [-0.2, -0.15) is 0 Å². The third-order valence-electron chi connectivity index (χ3n) is 3.38. The number of carbonyl (C=O) groups is 1. The molecule has 0 aromatic heterocycles. The van der Waals surface area contributed by atoms with Crippen molar-refractivity contribution < 1.29 is 28.8 Å². The van der Waals surface area contributed by atoms with Gasteiger partial charge < -0.3 is 9.90 Å². The van der Waals surface area contributed by atoms with Crippen molar-refractivity contribution in [3.05, 3.63) is 0 Å². The van der Waals surface area contributed by atoms with Crippen molar-refractivity contribution in [2.75, 3.05) is 6.54 Å². The molecule has 0 radical (unpaired) electrons. The number of carbonyl (C=O) groups excluding carboxylic acids is 1. The van der Waals surface area contributed by atoms with Gasteiger partial charge in [0.15, 0.2) is 0 Å². The second-order valence-electron chi connectivity index (χ2n) is 4.15. The molecule has 1 aliphatic carbocycles. The maximum atomic E-state index is 10.7. The average Bonchev–Trinajstić information content (AvgIpc) is 2.02. The fourth-order valence-corrected chi connectivity index (χ4v) is 2.51. The van der Waals surface area contributed by atoms with E-state index < -0.39 is 5.97 Å². The first-order valence-corrected chi connectivity index (χ1v) is 5.25. The van der Waals surface area contributed by atoms with Gasteiger partial charge in [0, 0.05) is 12.6 Å². The van der Waals surface area contributed by atoms with E-state index in [2.05, 4.69) is 4.90 Å². The quantitative estimate of drug-likeness (QED) is 0.439. The average molecular weight is 189 g/mol. The standard InChI is InChI=1S/C10H17NO2.Li/c12-10(13)9-6-7-11(9)8-4-2-1-3-5-8;/h8-9H,1-7H2,(H,12,13);/q;+1/p-1. The molecule has 0 aromatic rings. The molecule has 2 aliphatic rings. The molecule has 3 nitrogen and oxygen atoms in total. The van der Waals surface area contributed by atoms with Crippen LogP contribution < -0.4 is 24.0 Å². The monoisotopic (exact) mass is 189 g/mol. The molecule has 1 saturated heterocycles. The van der Waals surface area contributed by atoms with Crippen molar-refractivity contribution in [1.82, 2.24) is 4.90 Å². The van der Waals surface area contributed by atoms with Gasteiger partial charge in [0.1, 0.15) is 0 Å². The van der Waals surface area contributed by atoms with Gasteiger partial charge in [-0.05, 0) is 19.3 Å². The normalized spacial score (nSPS) is 29.0. The Labute approximate surface area is 97.0 Å². The van der Waals surface area contributed by atoms with E-state index in [9.17, 15) is 9.90 Å². The van der Waals surface area contributed by atoms with Gasteiger partial charge in [0.25, 0.3) is 0 Å². The summed E-state index contributed by atoms with van der Waals surface area (Å²) in [4.78, 5) is 12.8. The van der Waals surface area contributed by atoms with Crippen LogP contribution in [0, 0.1) is 0 Å². The molecule has 1 unspecified atom stereocenters. The fraction of sp³-hybridized carbons (Fsp3) is 0.900. The van der Waals surface area contributed by atoms with E-state index in [4.69, 9.17) is 0 Å². The third-order valence-corrected chi connectivity index (χ3v) is 3.38. The van der Waals surface area contributed by atoms with Gasteiger partial charge in [-0.3, -0.25) is 4.90 Å². The first-order valence-electron chi connectivity index (χ1n) is 5.25. The zero-order valence-electron chi connectivity index (χ0n) is 8.87. The Morgan fingerprint density at radius 2 is 1.79 bits per heavy atom. The molecule has 2 rings (SSSR count). The Balaban J connectivity index is 0.000000980. The van der Waals surface area contributed by atoms with Crippen molar-refractivity contribution >= 4 is 5.97 Å². The van der Waals surface area contributed by atoms with Crippen LogP contribution in [0.4, 0.5) is 0 Å². The van der Waals surface area contributed by atoms with Crippen LogP contribution in [-0.2, 0) is 4.79 Å². The summed E-state index contributed by atoms with van der Waals surface area (Å²) in [7, 11) is 0. The Bertz CT molecular complexity index is 204. The molecular formula is C10H16LiNO2. The summed E-state index contributed by atoms with van der Waals surface area (Å²) in [6.07, 6.45) is 7.01. The summed E-state index contributed by atoms with van der Waals surface area (Å²) in [5, 5.41) is 10.7. The summed E-state index contributed by atoms with van der Waals surface area (Å²) in [6, 6.07) is 0.258. The molecule has 1 aliphatic heterocycles. The minimum Gasteiger partial charge on any atom is -0.548 e. The zero-order chi connectivity index (χ0) is 9.26. The van der Waals surface area contributed by atoms with E-state index in [0.717, 1.165) is 13.0 Å². The van der Waals surface area contributed by atoms with Crippen LogP contribution >= 0.6 is 0 Å². The number of carboxylic acids is 1. The minimum atomic E-state index is -0.878. The molecule has 1 atom stereocenters. The predicted octanol–water partition coefficient (Wildman–Crippen LogP) is -2.85. The predicted molar refractivity (Wildman–Crippen MR) is 47.0 cm³/mol. The summed E-state index contributed by atoms with van der Waals surface area (Å²) >= 11 is 0. The number of nitrogens with zero attached hydrogens (tertiary/aromatic N) is 1. The Hall–Kier alpha value is 0.0274. The molecule has 14 heavy (non-hydrogen) atoms. The molecular weight excluding hydrogens is 173 g/mol. The maximum Gasteiger partial charge on any atom is 1.00 e. The largest absolute Gasteiger partial charge is 1.00 e. The summed E-state index contributed by atoms with van der Waals surface area (Å²) < 4.78 is 0. The van der Waals surface area contributed by atoms with E-state index in [1.165, 1.54) is 32.1 Å². The number of hydrogen-bond donors (Lipinski definition) is 0. The smallest absolute Gasteiger partial charge is 0.548 e. The number of rotatable bonds is 2. The number of hydrogen-bond acceptors (Lipinski definition) is 3. The molecule has 74 valence electrons. The van der Waals surface area contributed by atoms with Crippen LogP contribution in [-0.4, -0.2) is 29.5 Å². The molecule has 0 bridgehead atoms. The van der Waals surface area contributed by atoms with Crippen LogP contribution in [0.3, 0.4) is 0 Å². The van der Waals surface area contributed by atoms with E-state index in [1.807, 2.05) is 0 Å². The van der Waals surface area contributed by atoms with Crippen molar-refractivity contribution in [3.63, 3.8) is 0 Å². The van der Waals surface area contributed by atoms with E-state index in [-0.39, 0.29) is 24.9 Å². The van der Waals surface area contributed by atoms with Crippen molar-refractivity contribution in [2.45, 2.75) is 50.6 Å². The van der Waals surface area contributed by atoms with Gasteiger partial charge in [-0.25, -0.2) is 0 Å². The van der Waals surface area contributed by atoms with E-state index in [1.54, 1.807) is 0 Å². The van der Waals surface area contributed by atoms with Crippen molar-refractivity contribution in [1.29, 1.82) is 0 Å². The third kappa shape index (κ3) is 2.33. The Morgan fingerprint density at radius 3 is 2.21 bits per heavy atom. The molecule has 0 amide bonds. The second kappa shape index (κ2) is 5.21. The van der Waals surface area contributed by atoms with Crippen molar-refractivity contribution in [3.8, 4) is 0 Å². The van der Waals surface area contributed by atoms with E-state index in [0.29, 0.717) is 6.04 Å². The molecule has 1 saturated carbocycles. The van der Waals surface area contributed by atoms with Crippen LogP contribution in [0.25, 0.3) is 0 Å².